The fourth-order valence-electron chi connectivity index (χ4n) is 0.754. The van der Waals surface area contributed by atoms with E-state index >= 15 is 0 Å². The van der Waals surface area contributed by atoms with E-state index in [4.69, 9.17) is 0 Å². The van der Waals surface area contributed by atoms with Crippen LogP contribution in [0.3, 0.4) is 0 Å². The Hall–Kier alpha value is -1.78. The Morgan fingerprint density at radius 3 is 2.83 bits per heavy atom. The Morgan fingerprint density at radius 2 is 2.33 bits per heavy atom. The summed E-state index contributed by atoms with van der Waals surface area (Å²) in [6.45, 7) is 0. The molecular weight excluding hydrogens is 162 g/mol. The smallest absolute Gasteiger partial charge is 0.315 e. The lowest BCUT2D eigenvalue weighted by atomic mass is 10.3. The maximum absolute atomic E-state index is 10.3. The fraction of sp³-hybridized carbons (Fsp3) is 0.143. The van der Waals surface area contributed by atoms with Crippen LogP contribution in [0, 0.1) is 16.2 Å². The predicted octanol–water partition coefficient (Wildman–Crippen LogP) is 1.11. The molecule has 0 aliphatic carbocycles. The number of phenols is 1. The number of methoxy groups -OCH3 is 1. The van der Waals surface area contributed by atoms with Crippen LogP contribution in [0.15, 0.2) is 12.1 Å². The van der Waals surface area contributed by atoms with E-state index in [1.54, 1.807) is 0 Å². The van der Waals surface area contributed by atoms with Crippen molar-refractivity contribution in [1.82, 2.24) is 0 Å². The van der Waals surface area contributed by atoms with Crippen molar-refractivity contribution in [3.8, 4) is 11.5 Å². The molecule has 0 heterocycles. The normalized spacial score (nSPS) is 9.42. The lowest BCUT2D eigenvalue weighted by Crippen LogP contribution is -1.90. The molecule has 0 unspecified atom stereocenters. The molecule has 1 rings (SSSR count). The summed E-state index contributed by atoms with van der Waals surface area (Å²) in [5.74, 6) is -0.426. The summed E-state index contributed by atoms with van der Waals surface area (Å²) in [7, 11) is 1.31. The predicted molar refractivity (Wildman–Crippen MR) is 40.1 cm³/mol. The zero-order valence-electron chi connectivity index (χ0n) is 6.27. The van der Waals surface area contributed by atoms with Gasteiger partial charge in [-0.15, -0.1) is 0 Å². The number of phenolic OH excluding ortho intramolecular Hbond substituents is 1. The topological polar surface area (TPSA) is 72.6 Å². The molecule has 5 heteroatoms. The Labute approximate surface area is 68.4 Å². The maximum Gasteiger partial charge on any atom is 0.315 e. The quantitative estimate of drug-likeness (QED) is 0.530. The van der Waals surface area contributed by atoms with Crippen LogP contribution in [0.2, 0.25) is 0 Å². The summed E-state index contributed by atoms with van der Waals surface area (Å²) < 4.78 is 4.65. The number of hydrogen-bond donors (Lipinski definition) is 1. The van der Waals surface area contributed by atoms with Crippen LogP contribution in [0.4, 0.5) is 5.69 Å². The zero-order chi connectivity index (χ0) is 9.14. The SMILES string of the molecule is COc1c[c]cc([N+](=O)[O-])c1O. The highest BCUT2D eigenvalue weighted by molar-refractivity contribution is 5.53. The minimum absolute atomic E-state index is 0.0456. The zero-order valence-corrected chi connectivity index (χ0v) is 6.27. The Morgan fingerprint density at radius 1 is 1.67 bits per heavy atom. The molecule has 0 saturated carbocycles. The minimum atomic E-state index is -0.700. The molecule has 0 bridgehead atoms. The van der Waals surface area contributed by atoms with Crippen LogP contribution in [-0.2, 0) is 0 Å². The summed E-state index contributed by atoms with van der Waals surface area (Å²) in [5, 5.41) is 19.4. The number of nitro groups is 1. The number of ether oxygens (including phenoxy) is 1. The van der Waals surface area contributed by atoms with Crippen LogP contribution < -0.4 is 4.74 Å². The second kappa shape index (κ2) is 3.08. The van der Waals surface area contributed by atoms with Gasteiger partial charge in [0, 0.05) is 6.07 Å². The molecule has 5 nitrogen and oxygen atoms in total. The molecule has 12 heavy (non-hydrogen) atoms. The highest BCUT2D eigenvalue weighted by atomic mass is 16.6. The van der Waals surface area contributed by atoms with Crippen LogP contribution in [0.25, 0.3) is 0 Å². The van der Waals surface area contributed by atoms with E-state index in [0.29, 0.717) is 0 Å². The summed E-state index contributed by atoms with van der Waals surface area (Å²) >= 11 is 0. The molecule has 1 aromatic carbocycles. The van der Waals surface area contributed by atoms with Crippen LogP contribution in [-0.4, -0.2) is 17.1 Å². The number of benzene rings is 1. The van der Waals surface area contributed by atoms with Crippen molar-refractivity contribution >= 4 is 5.69 Å². The molecule has 0 aromatic heterocycles. The van der Waals surface area contributed by atoms with Crippen molar-refractivity contribution in [2.24, 2.45) is 0 Å². The monoisotopic (exact) mass is 168 g/mol. The first-order valence-electron chi connectivity index (χ1n) is 3.08. The molecule has 0 atom stereocenters. The van der Waals surface area contributed by atoms with Crippen molar-refractivity contribution in [3.63, 3.8) is 0 Å². The summed E-state index contributed by atoms with van der Waals surface area (Å²) in [4.78, 5) is 9.56. The number of rotatable bonds is 2. The third kappa shape index (κ3) is 1.29. The number of nitro benzene ring substituents is 1. The van der Waals surface area contributed by atoms with Gasteiger partial charge in [-0.2, -0.15) is 0 Å². The molecule has 0 amide bonds. The third-order valence-electron chi connectivity index (χ3n) is 1.33. The van der Waals surface area contributed by atoms with E-state index in [1.165, 1.54) is 13.2 Å². The standard InChI is InChI=1S/C7H6NO4/c1-12-6-4-2-3-5(7(6)9)8(10)11/h3-4,9H,1H3. The van der Waals surface area contributed by atoms with Gasteiger partial charge in [0.2, 0.25) is 5.75 Å². The van der Waals surface area contributed by atoms with Crippen molar-refractivity contribution in [3.05, 3.63) is 28.3 Å². The largest absolute Gasteiger partial charge is 0.500 e. The molecule has 0 spiro atoms. The molecule has 0 saturated heterocycles. The highest BCUT2D eigenvalue weighted by Gasteiger charge is 2.16. The van der Waals surface area contributed by atoms with Crippen molar-refractivity contribution in [2.75, 3.05) is 7.11 Å². The van der Waals surface area contributed by atoms with Gasteiger partial charge in [0.15, 0.2) is 5.75 Å². The van der Waals surface area contributed by atoms with E-state index in [-0.39, 0.29) is 5.75 Å². The van der Waals surface area contributed by atoms with Crippen LogP contribution >= 0.6 is 0 Å². The first-order chi connectivity index (χ1) is 5.66. The number of aromatic hydroxyl groups is 1. The van der Waals surface area contributed by atoms with E-state index in [2.05, 4.69) is 10.8 Å². The minimum Gasteiger partial charge on any atom is -0.500 e. The molecule has 0 aliphatic heterocycles. The average Bonchev–Trinajstić information content (AvgIpc) is 2.04. The van der Waals surface area contributed by atoms with Crippen LogP contribution in [0.5, 0.6) is 11.5 Å². The molecule has 63 valence electrons. The molecule has 1 aromatic rings. The van der Waals surface area contributed by atoms with E-state index in [1.807, 2.05) is 0 Å². The number of nitrogens with zero attached hydrogens (tertiary/aromatic N) is 1. The maximum atomic E-state index is 10.3. The van der Waals surface area contributed by atoms with Gasteiger partial charge in [-0.25, -0.2) is 0 Å². The average molecular weight is 168 g/mol. The molecule has 0 fully saturated rings. The fourth-order valence-corrected chi connectivity index (χ4v) is 0.754. The van der Waals surface area contributed by atoms with E-state index in [0.717, 1.165) is 6.07 Å². The van der Waals surface area contributed by atoms with Gasteiger partial charge in [-0.05, 0) is 12.1 Å². The Balaban J connectivity index is 3.23. The first kappa shape index (κ1) is 8.32. The third-order valence-corrected chi connectivity index (χ3v) is 1.33. The van der Waals surface area contributed by atoms with E-state index < -0.39 is 16.4 Å². The van der Waals surface area contributed by atoms with Gasteiger partial charge in [0.25, 0.3) is 0 Å². The number of hydrogen-bond acceptors (Lipinski definition) is 4. The lowest BCUT2D eigenvalue weighted by Gasteiger charge is -2.01. The first-order valence-corrected chi connectivity index (χ1v) is 3.08. The van der Waals surface area contributed by atoms with Gasteiger partial charge in [0.1, 0.15) is 0 Å². The Bertz CT molecular complexity index is 310. The second-order valence-corrected chi connectivity index (χ2v) is 2.01. The van der Waals surface area contributed by atoms with Gasteiger partial charge < -0.3 is 9.84 Å². The Kier molecular flexibility index (Phi) is 2.14. The summed E-state index contributed by atoms with van der Waals surface area (Å²) in [6, 6.07) is 4.88. The summed E-state index contributed by atoms with van der Waals surface area (Å²) in [5.41, 5.74) is -0.408. The van der Waals surface area contributed by atoms with Crippen molar-refractivity contribution in [2.45, 2.75) is 0 Å². The molecular formula is C7H6NO4. The lowest BCUT2D eigenvalue weighted by molar-refractivity contribution is -0.386. The molecule has 0 aliphatic rings. The second-order valence-electron chi connectivity index (χ2n) is 2.01. The molecule has 1 radical (unpaired) electrons. The van der Waals surface area contributed by atoms with Gasteiger partial charge in [0.05, 0.1) is 12.0 Å². The highest BCUT2D eigenvalue weighted by Crippen LogP contribution is 2.34. The van der Waals surface area contributed by atoms with E-state index in [9.17, 15) is 15.2 Å². The van der Waals surface area contributed by atoms with Gasteiger partial charge in [-0.1, -0.05) is 0 Å². The van der Waals surface area contributed by atoms with Crippen LogP contribution in [0.1, 0.15) is 0 Å². The summed E-state index contributed by atoms with van der Waals surface area (Å²) in [6.07, 6.45) is 0. The van der Waals surface area contributed by atoms with Crippen molar-refractivity contribution < 1.29 is 14.8 Å². The van der Waals surface area contributed by atoms with Gasteiger partial charge in [-0.3, -0.25) is 10.1 Å². The van der Waals surface area contributed by atoms with Crippen molar-refractivity contribution in [1.29, 1.82) is 0 Å². The van der Waals surface area contributed by atoms with Gasteiger partial charge >= 0.3 is 5.69 Å². The molecule has 1 N–H and O–H groups in total.